The third kappa shape index (κ3) is 6.79. The molecule has 0 radical (unpaired) electrons. The van der Waals surface area contributed by atoms with Gasteiger partial charge in [0.2, 0.25) is 10.0 Å². The zero-order valence-corrected chi connectivity index (χ0v) is 18.5. The van der Waals surface area contributed by atoms with E-state index in [9.17, 15) is 23.3 Å². The number of nitrogens with one attached hydrogen (secondary N) is 2. The third-order valence-electron chi connectivity index (χ3n) is 4.72. The summed E-state index contributed by atoms with van der Waals surface area (Å²) >= 11 is 0. The topological polar surface area (TPSA) is 131 Å². The van der Waals surface area contributed by atoms with Gasteiger partial charge in [0.15, 0.2) is 0 Å². The van der Waals surface area contributed by atoms with Gasteiger partial charge in [-0.3, -0.25) is 14.9 Å². The molecule has 1 amide bonds. The Hall–Kier alpha value is -3.89. The van der Waals surface area contributed by atoms with Gasteiger partial charge in [0.1, 0.15) is 6.04 Å². The van der Waals surface area contributed by atoms with Crippen LogP contribution in [0.25, 0.3) is 0 Å². The summed E-state index contributed by atoms with van der Waals surface area (Å²) in [4.78, 5) is 23.1. The summed E-state index contributed by atoms with van der Waals surface area (Å²) in [5, 5.41) is 14.6. The van der Waals surface area contributed by atoms with E-state index in [1.807, 2.05) is 13.0 Å². The van der Waals surface area contributed by atoms with Crippen molar-refractivity contribution in [3.63, 3.8) is 0 Å². The number of non-ortho nitro benzene ring substituents is 1. The number of carbonyl (C=O) groups is 1. The number of aryl methyl sites for hydroxylation is 1. The minimum Gasteiger partial charge on any atom is -0.271 e. The molecule has 0 bridgehead atoms. The van der Waals surface area contributed by atoms with Crippen molar-refractivity contribution in [3.05, 3.63) is 106 Å². The number of nitro benzene ring substituents is 1. The third-order valence-corrected chi connectivity index (χ3v) is 6.21. The predicted octanol–water partition coefficient (Wildman–Crippen LogP) is 2.94. The molecule has 0 aliphatic rings. The van der Waals surface area contributed by atoms with E-state index in [4.69, 9.17) is 0 Å². The monoisotopic (exact) mass is 466 g/mol. The molecule has 1 atom stereocenters. The summed E-state index contributed by atoms with van der Waals surface area (Å²) < 4.78 is 28.1. The maximum Gasteiger partial charge on any atom is 0.269 e. The van der Waals surface area contributed by atoms with Crippen molar-refractivity contribution < 1.29 is 18.1 Å². The van der Waals surface area contributed by atoms with Crippen molar-refractivity contribution >= 4 is 27.8 Å². The zero-order chi connectivity index (χ0) is 23.8. The summed E-state index contributed by atoms with van der Waals surface area (Å²) in [6.07, 6.45) is 1.43. The summed E-state index contributed by atoms with van der Waals surface area (Å²) in [5.41, 5.74) is 4.48. The van der Waals surface area contributed by atoms with E-state index in [1.54, 1.807) is 36.4 Å². The molecule has 170 valence electrons. The Morgan fingerprint density at radius 3 is 2.27 bits per heavy atom. The number of nitrogens with zero attached hydrogens (tertiary/aromatic N) is 2. The number of nitro groups is 1. The van der Waals surface area contributed by atoms with Crippen LogP contribution in [0.4, 0.5) is 5.69 Å². The van der Waals surface area contributed by atoms with Crippen molar-refractivity contribution in [2.75, 3.05) is 0 Å². The molecule has 0 aliphatic carbocycles. The Morgan fingerprint density at radius 1 is 1.03 bits per heavy atom. The highest BCUT2D eigenvalue weighted by molar-refractivity contribution is 7.89. The van der Waals surface area contributed by atoms with Gasteiger partial charge in [-0.15, -0.1) is 0 Å². The Bertz CT molecular complexity index is 1240. The average Bonchev–Trinajstić information content (AvgIpc) is 2.80. The fourth-order valence-corrected chi connectivity index (χ4v) is 4.14. The van der Waals surface area contributed by atoms with E-state index in [2.05, 4.69) is 15.2 Å². The molecule has 0 heterocycles. The molecule has 0 aromatic heterocycles. The molecule has 10 heteroatoms. The van der Waals surface area contributed by atoms with E-state index in [0.29, 0.717) is 5.56 Å². The number of rotatable bonds is 9. The van der Waals surface area contributed by atoms with Crippen molar-refractivity contribution in [2.45, 2.75) is 24.3 Å². The molecule has 9 nitrogen and oxygen atoms in total. The van der Waals surface area contributed by atoms with E-state index in [1.165, 1.54) is 42.6 Å². The number of hydrogen-bond donors (Lipinski definition) is 2. The van der Waals surface area contributed by atoms with Gasteiger partial charge in [0, 0.05) is 12.1 Å². The summed E-state index contributed by atoms with van der Waals surface area (Å²) in [7, 11) is -3.96. The highest BCUT2D eigenvalue weighted by atomic mass is 32.2. The predicted molar refractivity (Wildman–Crippen MR) is 124 cm³/mol. The lowest BCUT2D eigenvalue weighted by molar-refractivity contribution is -0.384. The highest BCUT2D eigenvalue weighted by Crippen LogP contribution is 2.13. The standard InChI is InChI=1S/C23H22N4O5S/c1-17-7-13-21(14-8-17)33(31,32)26-22(15-18-5-3-2-4-6-18)23(28)25-24-16-19-9-11-20(12-10-19)27(29)30/h2-14,16,22,26H,15H2,1H3,(H,25,28). The average molecular weight is 467 g/mol. The molecule has 1 unspecified atom stereocenters. The van der Waals surface area contributed by atoms with Crippen LogP contribution in [0.2, 0.25) is 0 Å². The first kappa shape index (κ1) is 23.8. The van der Waals surface area contributed by atoms with Crippen molar-refractivity contribution in [1.82, 2.24) is 10.1 Å². The number of hydrogen-bond acceptors (Lipinski definition) is 6. The van der Waals surface area contributed by atoms with Gasteiger partial charge in [-0.25, -0.2) is 13.8 Å². The fraction of sp³-hybridized carbons (Fsp3) is 0.130. The number of benzene rings is 3. The second-order valence-corrected chi connectivity index (χ2v) is 8.97. The van der Waals surface area contributed by atoms with Crippen LogP contribution in [0.1, 0.15) is 16.7 Å². The van der Waals surface area contributed by atoms with Crippen LogP contribution < -0.4 is 10.1 Å². The minimum absolute atomic E-state index is 0.0494. The molecule has 0 saturated carbocycles. The summed E-state index contributed by atoms with van der Waals surface area (Å²) in [6.45, 7) is 1.85. The van der Waals surface area contributed by atoms with Crippen LogP contribution in [0.15, 0.2) is 88.9 Å². The van der Waals surface area contributed by atoms with E-state index in [0.717, 1.165) is 11.1 Å². The number of sulfonamides is 1. The van der Waals surface area contributed by atoms with Crippen LogP contribution in [0.3, 0.4) is 0 Å². The quantitative estimate of drug-likeness (QED) is 0.284. The zero-order valence-electron chi connectivity index (χ0n) is 17.7. The van der Waals surface area contributed by atoms with Gasteiger partial charge < -0.3 is 0 Å². The lowest BCUT2D eigenvalue weighted by atomic mass is 10.1. The first-order chi connectivity index (χ1) is 15.7. The van der Waals surface area contributed by atoms with Gasteiger partial charge in [-0.05, 0) is 48.7 Å². The molecule has 0 spiro atoms. The molecule has 0 aliphatic heterocycles. The van der Waals surface area contributed by atoms with Gasteiger partial charge >= 0.3 is 0 Å². The number of amides is 1. The SMILES string of the molecule is Cc1ccc(S(=O)(=O)NC(Cc2ccccc2)C(=O)NN=Cc2ccc([N+](=O)[O-])cc2)cc1. The van der Waals surface area contributed by atoms with Crippen LogP contribution in [0.5, 0.6) is 0 Å². The lowest BCUT2D eigenvalue weighted by Gasteiger charge is -2.17. The van der Waals surface area contributed by atoms with Gasteiger partial charge in [0.25, 0.3) is 11.6 Å². The highest BCUT2D eigenvalue weighted by Gasteiger charge is 2.26. The first-order valence-corrected chi connectivity index (χ1v) is 11.4. The van der Waals surface area contributed by atoms with Crippen molar-refractivity contribution in [2.24, 2.45) is 5.10 Å². The molecular formula is C23H22N4O5S. The number of carbonyl (C=O) groups excluding carboxylic acids is 1. The Morgan fingerprint density at radius 2 is 1.67 bits per heavy atom. The molecule has 33 heavy (non-hydrogen) atoms. The largest absolute Gasteiger partial charge is 0.271 e. The maximum absolute atomic E-state index is 12.8. The van der Waals surface area contributed by atoms with Crippen LogP contribution >= 0.6 is 0 Å². The molecule has 0 saturated heterocycles. The van der Waals surface area contributed by atoms with Gasteiger partial charge in [-0.1, -0.05) is 48.0 Å². The molecule has 0 fully saturated rings. The van der Waals surface area contributed by atoms with Crippen molar-refractivity contribution in [1.29, 1.82) is 0 Å². The Kier molecular flexibility index (Phi) is 7.65. The van der Waals surface area contributed by atoms with E-state index >= 15 is 0 Å². The van der Waals surface area contributed by atoms with Crippen LogP contribution in [-0.2, 0) is 21.2 Å². The fourth-order valence-electron chi connectivity index (χ4n) is 2.94. The van der Waals surface area contributed by atoms with E-state index in [-0.39, 0.29) is 17.0 Å². The Labute approximate surface area is 191 Å². The second-order valence-electron chi connectivity index (χ2n) is 7.26. The number of hydrazone groups is 1. The molecule has 3 rings (SSSR count). The summed E-state index contributed by atoms with van der Waals surface area (Å²) in [5.74, 6) is -0.646. The molecular weight excluding hydrogens is 444 g/mol. The van der Waals surface area contributed by atoms with Crippen LogP contribution in [0, 0.1) is 17.0 Å². The second kappa shape index (κ2) is 10.6. The molecule has 3 aromatic rings. The van der Waals surface area contributed by atoms with Crippen molar-refractivity contribution in [3.8, 4) is 0 Å². The Balaban J connectivity index is 1.75. The smallest absolute Gasteiger partial charge is 0.269 e. The summed E-state index contributed by atoms with van der Waals surface area (Å²) in [6, 6.07) is 19.8. The first-order valence-electron chi connectivity index (χ1n) is 9.95. The van der Waals surface area contributed by atoms with Gasteiger partial charge in [0.05, 0.1) is 16.0 Å². The molecule has 2 N–H and O–H groups in total. The van der Waals surface area contributed by atoms with Crippen LogP contribution in [-0.4, -0.2) is 31.5 Å². The van der Waals surface area contributed by atoms with E-state index < -0.39 is 26.9 Å². The minimum atomic E-state index is -3.96. The molecule has 3 aromatic carbocycles. The normalized spacial score (nSPS) is 12.4. The lowest BCUT2D eigenvalue weighted by Crippen LogP contribution is -2.46. The maximum atomic E-state index is 12.8. The van der Waals surface area contributed by atoms with Gasteiger partial charge in [-0.2, -0.15) is 9.82 Å².